The second kappa shape index (κ2) is 6.21. The molecule has 0 aliphatic rings. The first kappa shape index (κ1) is 13.5. The molecule has 16 heavy (non-hydrogen) atoms. The topological polar surface area (TPSA) is 24.9 Å². The van der Waals surface area contributed by atoms with Gasteiger partial charge in [-0.25, -0.2) is 4.98 Å². The SMILES string of the molecule is CCC(NC(C)c1cccnc1Cl)C(C)C. The molecule has 1 rings (SSSR count). The van der Waals surface area contributed by atoms with E-state index in [1.54, 1.807) is 6.20 Å². The van der Waals surface area contributed by atoms with Crippen LogP contribution in [0.2, 0.25) is 5.15 Å². The number of rotatable bonds is 5. The molecule has 1 aromatic rings. The van der Waals surface area contributed by atoms with Crippen molar-refractivity contribution in [2.24, 2.45) is 5.92 Å². The molecule has 0 aromatic carbocycles. The molecule has 1 N–H and O–H groups in total. The maximum Gasteiger partial charge on any atom is 0.133 e. The smallest absolute Gasteiger partial charge is 0.133 e. The lowest BCUT2D eigenvalue weighted by Crippen LogP contribution is -2.35. The Morgan fingerprint density at radius 3 is 2.56 bits per heavy atom. The molecule has 0 saturated carbocycles. The molecule has 0 aliphatic carbocycles. The summed E-state index contributed by atoms with van der Waals surface area (Å²) < 4.78 is 0. The maximum absolute atomic E-state index is 6.07. The summed E-state index contributed by atoms with van der Waals surface area (Å²) in [4.78, 5) is 4.10. The van der Waals surface area contributed by atoms with Crippen molar-refractivity contribution in [3.05, 3.63) is 29.0 Å². The molecule has 0 radical (unpaired) electrons. The van der Waals surface area contributed by atoms with Crippen LogP contribution in [0.25, 0.3) is 0 Å². The largest absolute Gasteiger partial charge is 0.307 e. The summed E-state index contributed by atoms with van der Waals surface area (Å²) in [5, 5.41) is 4.20. The van der Waals surface area contributed by atoms with Gasteiger partial charge in [0.2, 0.25) is 0 Å². The normalized spacial score (nSPS) is 15.1. The molecule has 90 valence electrons. The van der Waals surface area contributed by atoms with E-state index in [0.717, 1.165) is 12.0 Å². The van der Waals surface area contributed by atoms with Crippen LogP contribution in [0.4, 0.5) is 0 Å². The highest BCUT2D eigenvalue weighted by Gasteiger charge is 2.16. The third kappa shape index (κ3) is 3.46. The standard InChI is InChI=1S/C13H21ClN2/c1-5-12(9(2)3)16-10(4)11-7-6-8-15-13(11)14/h6-10,12,16H,5H2,1-4H3. The van der Waals surface area contributed by atoms with Crippen LogP contribution < -0.4 is 5.32 Å². The van der Waals surface area contributed by atoms with E-state index in [-0.39, 0.29) is 6.04 Å². The molecule has 0 saturated heterocycles. The average Bonchev–Trinajstić information content (AvgIpc) is 2.25. The van der Waals surface area contributed by atoms with Crippen molar-refractivity contribution in [3.8, 4) is 0 Å². The van der Waals surface area contributed by atoms with Gasteiger partial charge in [-0.15, -0.1) is 0 Å². The highest BCUT2D eigenvalue weighted by Crippen LogP contribution is 2.21. The Kier molecular flexibility index (Phi) is 5.23. The van der Waals surface area contributed by atoms with Crippen LogP contribution in [-0.4, -0.2) is 11.0 Å². The Bertz CT molecular complexity index is 325. The second-order valence-electron chi connectivity index (χ2n) is 4.53. The van der Waals surface area contributed by atoms with E-state index in [4.69, 9.17) is 11.6 Å². The zero-order chi connectivity index (χ0) is 12.1. The molecule has 1 aromatic heterocycles. The highest BCUT2D eigenvalue weighted by molar-refractivity contribution is 6.30. The van der Waals surface area contributed by atoms with Gasteiger partial charge in [-0.05, 0) is 25.3 Å². The fourth-order valence-electron chi connectivity index (χ4n) is 1.91. The summed E-state index contributed by atoms with van der Waals surface area (Å²) in [5.74, 6) is 0.628. The minimum atomic E-state index is 0.244. The molecule has 0 aliphatic heterocycles. The van der Waals surface area contributed by atoms with Gasteiger partial charge in [0.1, 0.15) is 5.15 Å². The maximum atomic E-state index is 6.07. The van der Waals surface area contributed by atoms with Gasteiger partial charge in [0.25, 0.3) is 0 Å². The number of pyridine rings is 1. The van der Waals surface area contributed by atoms with E-state index in [1.807, 2.05) is 12.1 Å². The molecule has 0 bridgehead atoms. The number of nitrogens with one attached hydrogen (secondary N) is 1. The van der Waals surface area contributed by atoms with E-state index in [9.17, 15) is 0 Å². The highest BCUT2D eigenvalue weighted by atomic mass is 35.5. The quantitative estimate of drug-likeness (QED) is 0.792. The number of hydrogen-bond acceptors (Lipinski definition) is 2. The Balaban J connectivity index is 2.72. The van der Waals surface area contributed by atoms with Crippen LogP contribution in [0.3, 0.4) is 0 Å². The molecule has 3 heteroatoms. The van der Waals surface area contributed by atoms with Gasteiger partial charge in [-0.3, -0.25) is 0 Å². The summed E-state index contributed by atoms with van der Waals surface area (Å²) in [5.41, 5.74) is 1.07. The Morgan fingerprint density at radius 2 is 2.06 bits per heavy atom. The zero-order valence-corrected chi connectivity index (χ0v) is 11.3. The first-order valence-electron chi connectivity index (χ1n) is 5.92. The van der Waals surface area contributed by atoms with E-state index < -0.39 is 0 Å². The van der Waals surface area contributed by atoms with Crippen molar-refractivity contribution < 1.29 is 0 Å². The lowest BCUT2D eigenvalue weighted by Gasteiger charge is -2.25. The molecule has 2 unspecified atom stereocenters. The van der Waals surface area contributed by atoms with Crippen molar-refractivity contribution in [1.29, 1.82) is 0 Å². The van der Waals surface area contributed by atoms with E-state index in [2.05, 4.69) is 38.0 Å². The molecule has 0 fully saturated rings. The molecule has 2 nitrogen and oxygen atoms in total. The number of aromatic nitrogens is 1. The van der Waals surface area contributed by atoms with Crippen molar-refractivity contribution in [3.63, 3.8) is 0 Å². The Hall–Kier alpha value is -0.600. The second-order valence-corrected chi connectivity index (χ2v) is 4.89. The summed E-state index contributed by atoms with van der Waals surface area (Å²) in [7, 11) is 0. The Morgan fingerprint density at radius 1 is 1.38 bits per heavy atom. The molecule has 0 spiro atoms. The van der Waals surface area contributed by atoms with Gasteiger partial charge < -0.3 is 5.32 Å². The first-order chi connectivity index (χ1) is 7.56. The minimum absolute atomic E-state index is 0.244. The molecule has 1 heterocycles. The van der Waals surface area contributed by atoms with Crippen molar-refractivity contribution >= 4 is 11.6 Å². The number of hydrogen-bond donors (Lipinski definition) is 1. The van der Waals surface area contributed by atoms with Crippen LogP contribution in [0.5, 0.6) is 0 Å². The minimum Gasteiger partial charge on any atom is -0.307 e. The van der Waals surface area contributed by atoms with Crippen molar-refractivity contribution in [2.45, 2.75) is 46.2 Å². The van der Waals surface area contributed by atoms with Gasteiger partial charge in [-0.2, -0.15) is 0 Å². The summed E-state index contributed by atoms with van der Waals surface area (Å²) >= 11 is 6.07. The van der Waals surface area contributed by atoms with Gasteiger partial charge in [0, 0.05) is 23.8 Å². The van der Waals surface area contributed by atoms with E-state index in [1.165, 1.54) is 0 Å². The Labute approximate surface area is 103 Å². The lowest BCUT2D eigenvalue weighted by atomic mass is 9.99. The summed E-state index contributed by atoms with van der Waals surface area (Å²) in [6, 6.07) is 4.72. The molecule has 0 amide bonds. The van der Waals surface area contributed by atoms with Crippen LogP contribution >= 0.6 is 11.6 Å². The predicted molar refractivity (Wildman–Crippen MR) is 69.7 cm³/mol. The van der Waals surface area contributed by atoms with Crippen LogP contribution in [-0.2, 0) is 0 Å². The zero-order valence-electron chi connectivity index (χ0n) is 10.5. The predicted octanol–water partition coefficient (Wildman–Crippen LogP) is 3.82. The van der Waals surface area contributed by atoms with Gasteiger partial charge in [0.05, 0.1) is 0 Å². The van der Waals surface area contributed by atoms with E-state index in [0.29, 0.717) is 17.1 Å². The summed E-state index contributed by atoms with van der Waals surface area (Å²) in [6.45, 7) is 8.81. The van der Waals surface area contributed by atoms with Crippen LogP contribution in [0.1, 0.15) is 45.7 Å². The van der Waals surface area contributed by atoms with Crippen LogP contribution in [0, 0.1) is 5.92 Å². The third-order valence-electron chi connectivity index (χ3n) is 2.96. The fourth-order valence-corrected chi connectivity index (χ4v) is 2.20. The fraction of sp³-hybridized carbons (Fsp3) is 0.615. The van der Waals surface area contributed by atoms with Gasteiger partial charge >= 0.3 is 0 Å². The molecular weight excluding hydrogens is 220 g/mol. The third-order valence-corrected chi connectivity index (χ3v) is 3.28. The first-order valence-corrected chi connectivity index (χ1v) is 6.30. The monoisotopic (exact) mass is 240 g/mol. The molecular formula is C13H21ClN2. The number of nitrogens with zero attached hydrogens (tertiary/aromatic N) is 1. The van der Waals surface area contributed by atoms with Gasteiger partial charge in [0.15, 0.2) is 0 Å². The van der Waals surface area contributed by atoms with Crippen LogP contribution in [0.15, 0.2) is 18.3 Å². The van der Waals surface area contributed by atoms with Crippen molar-refractivity contribution in [2.75, 3.05) is 0 Å². The van der Waals surface area contributed by atoms with Gasteiger partial charge in [-0.1, -0.05) is 38.4 Å². The number of halogens is 1. The summed E-state index contributed by atoms with van der Waals surface area (Å²) in [6.07, 6.45) is 2.85. The average molecular weight is 241 g/mol. The van der Waals surface area contributed by atoms with E-state index >= 15 is 0 Å². The lowest BCUT2D eigenvalue weighted by molar-refractivity contribution is 0.355. The molecule has 2 atom stereocenters. The van der Waals surface area contributed by atoms with Crippen molar-refractivity contribution in [1.82, 2.24) is 10.3 Å².